The van der Waals surface area contributed by atoms with E-state index in [1.807, 2.05) is 0 Å². The van der Waals surface area contributed by atoms with Gasteiger partial charge in [-0.15, -0.1) is 12.4 Å². The van der Waals surface area contributed by atoms with Gasteiger partial charge in [0.2, 0.25) is 5.91 Å². The quantitative estimate of drug-likeness (QED) is 0.136. The fourth-order valence-corrected chi connectivity index (χ4v) is 3.38. The van der Waals surface area contributed by atoms with Gasteiger partial charge < -0.3 is 25.7 Å². The zero-order chi connectivity index (χ0) is 20.9. The van der Waals surface area contributed by atoms with Gasteiger partial charge in [-0.3, -0.25) is 4.79 Å². The van der Waals surface area contributed by atoms with Crippen LogP contribution in [0.4, 0.5) is 0 Å². The van der Waals surface area contributed by atoms with E-state index in [0.717, 1.165) is 25.7 Å². The van der Waals surface area contributed by atoms with Gasteiger partial charge in [-0.1, -0.05) is 89.9 Å². The zero-order valence-corrected chi connectivity index (χ0v) is 19.0. The van der Waals surface area contributed by atoms with Crippen LogP contribution >= 0.6 is 12.4 Å². The molecule has 0 aliphatic carbocycles. The molecule has 0 fully saturated rings. The Balaban J connectivity index is 0. The average Bonchev–Trinajstić information content (AvgIpc) is 2.65. The molecule has 0 heterocycles. The summed E-state index contributed by atoms with van der Waals surface area (Å²) in [6.45, 7) is -0.0873. The molecule has 0 aromatic carbocycles. The van der Waals surface area contributed by atoms with Gasteiger partial charge in [-0.25, -0.2) is 0 Å². The summed E-state index contributed by atoms with van der Waals surface area (Å²) >= 11 is 0. The van der Waals surface area contributed by atoms with Crippen molar-refractivity contribution in [3.05, 3.63) is 0 Å². The third-order valence-corrected chi connectivity index (χ3v) is 5.10. The normalized spacial score (nSPS) is 11.1. The molecule has 0 saturated carbocycles. The van der Waals surface area contributed by atoms with Crippen molar-refractivity contribution in [1.29, 1.82) is 0 Å². The summed E-state index contributed by atoms with van der Waals surface area (Å²) < 4.78 is 0. The first-order valence-electron chi connectivity index (χ1n) is 11.5. The van der Waals surface area contributed by atoms with E-state index in [1.54, 1.807) is 0 Å². The van der Waals surface area contributed by atoms with E-state index >= 15 is 0 Å². The second-order valence-electron chi connectivity index (χ2n) is 7.96. The number of carbonyl (C=O) groups excluding carboxylic acids is 1. The number of aliphatic hydroxyl groups excluding tert-OH is 2. The van der Waals surface area contributed by atoms with E-state index in [1.165, 1.54) is 77.0 Å². The Bertz CT molecular complexity index is 343. The minimum atomic E-state index is -1.46. The van der Waals surface area contributed by atoms with Crippen molar-refractivity contribution in [2.45, 2.75) is 128 Å². The van der Waals surface area contributed by atoms with Crippen LogP contribution in [0.5, 0.6) is 0 Å². The van der Waals surface area contributed by atoms with Crippen LogP contribution in [0.3, 0.4) is 0 Å². The molecule has 0 aromatic rings. The molecule has 0 aliphatic rings. The first kappa shape index (κ1) is 30.8. The zero-order valence-electron chi connectivity index (χ0n) is 18.2. The van der Waals surface area contributed by atoms with Crippen LogP contribution in [0.1, 0.15) is 116 Å². The highest BCUT2D eigenvalue weighted by Crippen LogP contribution is 2.14. The lowest BCUT2D eigenvalue weighted by Crippen LogP contribution is -2.31. The van der Waals surface area contributed by atoms with Crippen molar-refractivity contribution in [3.8, 4) is 0 Å². The van der Waals surface area contributed by atoms with Crippen molar-refractivity contribution >= 4 is 18.3 Å². The molecule has 0 aliphatic heterocycles. The highest BCUT2D eigenvalue weighted by Gasteiger charge is 2.03. The van der Waals surface area contributed by atoms with Crippen LogP contribution in [0.2, 0.25) is 0 Å². The molecule has 0 spiro atoms. The molecule has 0 aromatic heterocycles. The summed E-state index contributed by atoms with van der Waals surface area (Å²) in [5.41, 5.74) is 0. The molecule has 0 unspecified atom stereocenters. The van der Waals surface area contributed by atoms with E-state index in [4.69, 9.17) is 20.4 Å². The average molecular weight is 440 g/mol. The van der Waals surface area contributed by atoms with Crippen LogP contribution in [0, 0.1) is 0 Å². The minimum Gasteiger partial charge on any atom is -0.368 e. The van der Waals surface area contributed by atoms with Crippen molar-refractivity contribution < 1.29 is 25.2 Å². The molecule has 0 rings (SSSR count). The second-order valence-corrected chi connectivity index (χ2v) is 7.96. The molecule has 29 heavy (non-hydrogen) atoms. The Kier molecular flexibility index (Phi) is 25.3. The van der Waals surface area contributed by atoms with Crippen molar-refractivity contribution in [3.63, 3.8) is 0 Å². The highest BCUT2D eigenvalue weighted by molar-refractivity contribution is 5.85. The molecular weight excluding hydrogens is 394 g/mol. The van der Waals surface area contributed by atoms with E-state index in [2.05, 4.69) is 5.32 Å². The summed E-state index contributed by atoms with van der Waals surface area (Å²) in [6, 6.07) is 0. The first-order valence-corrected chi connectivity index (χ1v) is 11.5. The number of carbonyl (C=O) groups is 1. The first-order chi connectivity index (χ1) is 13.5. The maximum atomic E-state index is 11.4. The molecule has 6 nitrogen and oxygen atoms in total. The smallest absolute Gasteiger partial charge is 0.220 e. The van der Waals surface area contributed by atoms with Gasteiger partial charge in [0, 0.05) is 6.42 Å². The lowest BCUT2D eigenvalue weighted by molar-refractivity contribution is -0.123. The van der Waals surface area contributed by atoms with Crippen LogP contribution in [-0.2, 0) is 4.79 Å². The van der Waals surface area contributed by atoms with Crippen molar-refractivity contribution in [1.82, 2.24) is 5.32 Å². The number of aliphatic hydroxyl groups is 4. The van der Waals surface area contributed by atoms with Crippen LogP contribution in [0.15, 0.2) is 0 Å². The maximum absolute atomic E-state index is 11.4. The van der Waals surface area contributed by atoms with Gasteiger partial charge in [0.25, 0.3) is 0 Å². The molecule has 0 bridgehead atoms. The number of hydrogen-bond acceptors (Lipinski definition) is 5. The Labute approximate surface area is 183 Å². The van der Waals surface area contributed by atoms with Gasteiger partial charge in [0.15, 0.2) is 12.6 Å². The number of nitrogens with one attached hydrogen (secondary N) is 1. The molecule has 5 N–H and O–H groups in total. The maximum Gasteiger partial charge on any atom is 0.220 e. The molecule has 7 heteroatoms. The number of rotatable bonds is 21. The Morgan fingerprint density at radius 3 is 1.24 bits per heavy atom. The lowest BCUT2D eigenvalue weighted by atomic mass is 10.0. The van der Waals surface area contributed by atoms with E-state index in [-0.39, 0.29) is 24.9 Å². The van der Waals surface area contributed by atoms with Gasteiger partial charge in [-0.05, 0) is 19.3 Å². The van der Waals surface area contributed by atoms with E-state index in [0.29, 0.717) is 12.8 Å². The molecule has 0 radical (unpaired) electrons. The fourth-order valence-electron chi connectivity index (χ4n) is 3.38. The molecule has 0 atom stereocenters. The summed E-state index contributed by atoms with van der Waals surface area (Å²) in [4.78, 5) is 11.4. The third-order valence-electron chi connectivity index (χ3n) is 5.10. The SMILES string of the molecule is Cl.O=C(CCCCCCCCCCCCCCCCCCC(O)O)NCC(O)O. The Hall–Kier alpha value is -0.400. The number of unbranched alkanes of at least 4 members (excludes halogenated alkanes) is 15. The predicted molar refractivity (Wildman–Crippen MR) is 120 cm³/mol. The lowest BCUT2D eigenvalue weighted by Gasteiger charge is -2.06. The topological polar surface area (TPSA) is 110 Å². The Morgan fingerprint density at radius 1 is 0.552 bits per heavy atom. The van der Waals surface area contributed by atoms with Crippen LogP contribution < -0.4 is 5.32 Å². The summed E-state index contributed by atoms with van der Waals surface area (Å²) in [7, 11) is 0. The number of amides is 1. The monoisotopic (exact) mass is 439 g/mol. The molecule has 176 valence electrons. The summed E-state index contributed by atoms with van der Waals surface area (Å²) in [6.07, 6.45) is 17.8. The van der Waals surface area contributed by atoms with Gasteiger partial charge in [0.05, 0.1) is 6.54 Å². The fraction of sp³-hybridized carbons (Fsp3) is 0.955. The predicted octanol–water partition coefficient (Wildman–Crippen LogP) is 4.17. The largest absolute Gasteiger partial charge is 0.368 e. The van der Waals surface area contributed by atoms with Crippen LogP contribution in [0.25, 0.3) is 0 Å². The standard InChI is InChI=1S/C22H45NO5.ClH/c24-20(23-19-22(27)28)17-15-13-11-9-7-5-3-1-2-4-6-8-10-12-14-16-18-21(25)26;/h21-22,25-28H,1-19H2,(H,23,24);1H. The van der Waals surface area contributed by atoms with Crippen molar-refractivity contribution in [2.24, 2.45) is 0 Å². The van der Waals surface area contributed by atoms with Gasteiger partial charge in [0.1, 0.15) is 0 Å². The molecular formula is C22H46ClNO5. The van der Waals surface area contributed by atoms with Crippen molar-refractivity contribution in [2.75, 3.05) is 6.54 Å². The van der Waals surface area contributed by atoms with Gasteiger partial charge >= 0.3 is 0 Å². The van der Waals surface area contributed by atoms with Gasteiger partial charge in [-0.2, -0.15) is 0 Å². The molecule has 1 amide bonds. The van der Waals surface area contributed by atoms with E-state index < -0.39 is 12.6 Å². The van der Waals surface area contributed by atoms with E-state index in [9.17, 15) is 4.79 Å². The second kappa shape index (κ2) is 23.9. The minimum absolute atomic E-state index is 0. The third kappa shape index (κ3) is 27.6. The number of halogens is 1. The Morgan fingerprint density at radius 2 is 0.897 bits per heavy atom. The summed E-state index contributed by atoms with van der Waals surface area (Å²) in [5, 5.41) is 37.3. The highest BCUT2D eigenvalue weighted by atomic mass is 35.5. The summed E-state index contributed by atoms with van der Waals surface area (Å²) in [5.74, 6) is -0.102. The van der Waals surface area contributed by atoms with Crippen LogP contribution in [-0.4, -0.2) is 45.5 Å². The number of hydrogen-bond donors (Lipinski definition) is 5. The molecule has 0 saturated heterocycles.